The van der Waals surface area contributed by atoms with Crippen molar-refractivity contribution in [3.63, 3.8) is 0 Å². The molecule has 0 saturated heterocycles. The summed E-state index contributed by atoms with van der Waals surface area (Å²) in [6.07, 6.45) is 0. The first kappa shape index (κ1) is 16.8. The molecule has 1 aliphatic heterocycles. The second-order valence-electron chi connectivity index (χ2n) is 5.93. The van der Waals surface area contributed by atoms with E-state index in [9.17, 15) is 14.0 Å². The Morgan fingerprint density at radius 3 is 2.41 bits per heavy atom. The zero-order valence-corrected chi connectivity index (χ0v) is 14.2. The maximum atomic E-state index is 13.0. The third-order valence-electron chi connectivity index (χ3n) is 4.10. The van der Waals surface area contributed by atoms with Gasteiger partial charge in [0, 0.05) is 17.2 Å². The standard InChI is InChI=1S/C20H14FNO5/c1-11(23)14-8-18-19(26-10-25-18)9-15(14)22-20(24)17-7-6-16(27-17)12-2-4-13(21)5-3-12/h2-9H,10H2,1H3,(H,22,24). The van der Waals surface area contributed by atoms with E-state index in [-0.39, 0.29) is 24.2 Å². The van der Waals surface area contributed by atoms with Crippen LogP contribution in [0.15, 0.2) is 52.9 Å². The van der Waals surface area contributed by atoms with Gasteiger partial charge in [0.15, 0.2) is 23.0 Å². The number of carbonyl (C=O) groups excluding carboxylic acids is 2. The summed E-state index contributed by atoms with van der Waals surface area (Å²) in [7, 11) is 0. The van der Waals surface area contributed by atoms with Crippen LogP contribution in [-0.2, 0) is 0 Å². The van der Waals surface area contributed by atoms with Gasteiger partial charge in [-0.3, -0.25) is 9.59 Å². The van der Waals surface area contributed by atoms with E-state index in [0.29, 0.717) is 34.1 Å². The van der Waals surface area contributed by atoms with E-state index >= 15 is 0 Å². The molecular formula is C20H14FNO5. The zero-order valence-electron chi connectivity index (χ0n) is 14.2. The monoisotopic (exact) mass is 367 g/mol. The average molecular weight is 367 g/mol. The molecule has 3 aromatic rings. The minimum absolute atomic E-state index is 0.0569. The van der Waals surface area contributed by atoms with Crippen molar-refractivity contribution in [1.29, 1.82) is 0 Å². The Labute approximate surface area is 153 Å². The molecule has 0 bridgehead atoms. The maximum Gasteiger partial charge on any atom is 0.291 e. The number of halogens is 1. The molecule has 27 heavy (non-hydrogen) atoms. The third-order valence-corrected chi connectivity index (χ3v) is 4.10. The third kappa shape index (κ3) is 3.27. The molecule has 1 amide bonds. The molecule has 0 atom stereocenters. The predicted octanol–water partition coefficient (Wildman–Crippen LogP) is 4.27. The molecule has 2 aromatic carbocycles. The normalized spacial score (nSPS) is 12.1. The number of anilines is 1. The van der Waals surface area contributed by atoms with E-state index in [1.165, 1.54) is 31.2 Å². The number of benzene rings is 2. The summed E-state index contributed by atoms with van der Waals surface area (Å²) in [6.45, 7) is 1.45. The van der Waals surface area contributed by atoms with Crippen LogP contribution >= 0.6 is 0 Å². The summed E-state index contributed by atoms with van der Waals surface area (Å²) in [6, 6.07) is 11.9. The second-order valence-corrected chi connectivity index (χ2v) is 5.93. The Hall–Kier alpha value is -3.61. The highest BCUT2D eigenvalue weighted by Crippen LogP contribution is 2.37. The average Bonchev–Trinajstić information content (AvgIpc) is 3.30. The van der Waals surface area contributed by atoms with Gasteiger partial charge in [0.05, 0.1) is 5.69 Å². The van der Waals surface area contributed by atoms with E-state index in [1.54, 1.807) is 24.3 Å². The van der Waals surface area contributed by atoms with Crippen LogP contribution < -0.4 is 14.8 Å². The largest absolute Gasteiger partial charge is 0.454 e. The molecule has 0 saturated carbocycles. The number of amides is 1. The zero-order chi connectivity index (χ0) is 19.0. The maximum absolute atomic E-state index is 13.0. The van der Waals surface area contributed by atoms with Crippen molar-refractivity contribution in [3.8, 4) is 22.8 Å². The molecule has 0 unspecified atom stereocenters. The van der Waals surface area contributed by atoms with Gasteiger partial charge in [-0.05, 0) is 49.4 Å². The lowest BCUT2D eigenvalue weighted by Crippen LogP contribution is -2.13. The van der Waals surface area contributed by atoms with Gasteiger partial charge in [0.1, 0.15) is 11.6 Å². The van der Waals surface area contributed by atoms with Gasteiger partial charge in [-0.2, -0.15) is 0 Å². The minimum atomic E-state index is -0.523. The number of hydrogen-bond acceptors (Lipinski definition) is 5. The Bertz CT molecular complexity index is 1040. The van der Waals surface area contributed by atoms with E-state index in [1.807, 2.05) is 0 Å². The van der Waals surface area contributed by atoms with Crippen molar-refractivity contribution in [2.24, 2.45) is 0 Å². The first-order chi connectivity index (χ1) is 13.0. The molecule has 7 heteroatoms. The molecule has 0 spiro atoms. The molecular weight excluding hydrogens is 353 g/mol. The predicted molar refractivity (Wildman–Crippen MR) is 94.6 cm³/mol. The van der Waals surface area contributed by atoms with Crippen LogP contribution in [0, 0.1) is 5.82 Å². The smallest absolute Gasteiger partial charge is 0.291 e. The number of Topliss-reactive ketones (excluding diaryl/α,β-unsaturated/α-hetero) is 1. The minimum Gasteiger partial charge on any atom is -0.454 e. The number of furan rings is 1. The summed E-state index contributed by atoms with van der Waals surface area (Å²) >= 11 is 0. The molecule has 1 aliphatic rings. The van der Waals surface area contributed by atoms with E-state index < -0.39 is 5.91 Å². The summed E-state index contributed by atoms with van der Waals surface area (Å²) in [5, 5.41) is 2.66. The number of rotatable bonds is 4. The molecule has 6 nitrogen and oxygen atoms in total. The van der Waals surface area contributed by atoms with Crippen molar-refractivity contribution in [2.45, 2.75) is 6.92 Å². The Morgan fingerprint density at radius 1 is 1.00 bits per heavy atom. The van der Waals surface area contributed by atoms with Crippen LogP contribution in [0.2, 0.25) is 0 Å². The first-order valence-electron chi connectivity index (χ1n) is 8.13. The molecule has 0 radical (unpaired) electrons. The highest BCUT2D eigenvalue weighted by molar-refractivity contribution is 6.08. The number of ether oxygens (including phenoxy) is 2. The molecule has 0 fully saturated rings. The molecule has 1 N–H and O–H groups in total. The molecule has 2 heterocycles. The molecule has 4 rings (SSSR count). The lowest BCUT2D eigenvalue weighted by Gasteiger charge is -2.09. The SMILES string of the molecule is CC(=O)c1cc2c(cc1NC(=O)c1ccc(-c3ccc(F)cc3)o1)OCO2. The number of hydrogen-bond donors (Lipinski definition) is 1. The van der Waals surface area contributed by atoms with Gasteiger partial charge in [0.25, 0.3) is 5.91 Å². The van der Waals surface area contributed by atoms with E-state index in [2.05, 4.69) is 5.32 Å². The van der Waals surface area contributed by atoms with Crippen LogP contribution in [0.1, 0.15) is 27.8 Å². The Kier molecular flexibility index (Phi) is 4.12. The van der Waals surface area contributed by atoms with Crippen molar-refractivity contribution >= 4 is 17.4 Å². The lowest BCUT2D eigenvalue weighted by atomic mass is 10.1. The van der Waals surface area contributed by atoms with Gasteiger partial charge in [-0.25, -0.2) is 4.39 Å². The summed E-state index contributed by atoms with van der Waals surface area (Å²) in [5.74, 6) is 0.276. The fourth-order valence-corrected chi connectivity index (χ4v) is 2.75. The van der Waals surface area contributed by atoms with Crippen LogP contribution in [-0.4, -0.2) is 18.5 Å². The molecule has 0 aliphatic carbocycles. The Morgan fingerprint density at radius 2 is 1.70 bits per heavy atom. The van der Waals surface area contributed by atoms with Crippen LogP contribution in [0.3, 0.4) is 0 Å². The van der Waals surface area contributed by atoms with Gasteiger partial charge < -0.3 is 19.2 Å². The van der Waals surface area contributed by atoms with Crippen LogP contribution in [0.25, 0.3) is 11.3 Å². The fourth-order valence-electron chi connectivity index (χ4n) is 2.75. The van der Waals surface area contributed by atoms with Gasteiger partial charge in [-0.1, -0.05) is 0 Å². The number of nitrogens with one attached hydrogen (secondary N) is 1. The highest BCUT2D eigenvalue weighted by Gasteiger charge is 2.21. The van der Waals surface area contributed by atoms with Gasteiger partial charge >= 0.3 is 0 Å². The van der Waals surface area contributed by atoms with E-state index in [4.69, 9.17) is 13.9 Å². The quantitative estimate of drug-likeness (QED) is 0.697. The van der Waals surface area contributed by atoms with Gasteiger partial charge in [-0.15, -0.1) is 0 Å². The molecule has 136 valence electrons. The molecule has 1 aromatic heterocycles. The summed E-state index contributed by atoms with van der Waals surface area (Å²) < 4.78 is 29.2. The van der Waals surface area contributed by atoms with Crippen molar-refractivity contribution < 1.29 is 27.9 Å². The number of ketones is 1. The summed E-state index contributed by atoms with van der Waals surface area (Å²) in [5.41, 5.74) is 1.25. The fraction of sp³-hybridized carbons (Fsp3) is 0.100. The lowest BCUT2D eigenvalue weighted by molar-refractivity contribution is 0.0997. The van der Waals surface area contributed by atoms with Crippen molar-refractivity contribution in [3.05, 3.63) is 65.7 Å². The van der Waals surface area contributed by atoms with Gasteiger partial charge in [0.2, 0.25) is 6.79 Å². The van der Waals surface area contributed by atoms with Crippen molar-refractivity contribution in [1.82, 2.24) is 0 Å². The van der Waals surface area contributed by atoms with E-state index in [0.717, 1.165) is 0 Å². The first-order valence-corrected chi connectivity index (χ1v) is 8.13. The second kappa shape index (κ2) is 6.60. The number of fused-ring (bicyclic) bond motifs is 1. The highest BCUT2D eigenvalue weighted by atomic mass is 19.1. The summed E-state index contributed by atoms with van der Waals surface area (Å²) in [4.78, 5) is 24.4. The van der Waals surface area contributed by atoms with Crippen LogP contribution in [0.4, 0.5) is 10.1 Å². The van der Waals surface area contributed by atoms with Crippen LogP contribution in [0.5, 0.6) is 11.5 Å². The topological polar surface area (TPSA) is 77.8 Å². The van der Waals surface area contributed by atoms with Crippen molar-refractivity contribution in [2.75, 3.05) is 12.1 Å². The number of carbonyl (C=O) groups is 2. The Balaban J connectivity index is 1.60.